The van der Waals surface area contributed by atoms with Crippen molar-refractivity contribution in [2.75, 3.05) is 17.7 Å². The highest BCUT2D eigenvalue weighted by Gasteiger charge is 2.28. The predicted octanol–water partition coefficient (Wildman–Crippen LogP) is 4.94. The van der Waals surface area contributed by atoms with Crippen molar-refractivity contribution in [2.45, 2.75) is 43.9 Å². The summed E-state index contributed by atoms with van der Waals surface area (Å²) in [7, 11) is -0.512. The lowest BCUT2D eigenvalue weighted by atomic mass is 9.86. The van der Waals surface area contributed by atoms with E-state index in [-0.39, 0.29) is 0 Å². The number of hydrogen-bond acceptors (Lipinski definition) is 5. The van der Waals surface area contributed by atoms with Gasteiger partial charge in [-0.2, -0.15) is 0 Å². The highest BCUT2D eigenvalue weighted by atomic mass is 35.5. The van der Waals surface area contributed by atoms with Gasteiger partial charge in [-0.3, -0.25) is 4.78 Å². The van der Waals surface area contributed by atoms with Gasteiger partial charge in [0.15, 0.2) is 0 Å². The van der Waals surface area contributed by atoms with E-state index >= 15 is 0 Å². The fourth-order valence-electron chi connectivity index (χ4n) is 4.49. The summed E-state index contributed by atoms with van der Waals surface area (Å²) in [6.45, 7) is 0. The lowest BCUT2D eigenvalue weighted by Gasteiger charge is -2.36. The first-order chi connectivity index (χ1) is 13.9. The zero-order valence-electron chi connectivity index (χ0n) is 16.7. The summed E-state index contributed by atoms with van der Waals surface area (Å²) >= 11 is 5.92. The monoisotopic (exact) mass is 430 g/mol. The fourth-order valence-corrected chi connectivity index (χ4v) is 6.56. The van der Waals surface area contributed by atoms with Gasteiger partial charge < -0.3 is 4.90 Å². The molecule has 2 aliphatic rings. The standard InChI is InChI=1S/C22H27ClN4OS/c1-27(22-20-3-2-4-21(20)25-15-26-22)19-11-7-17(8-12-19)14-29(24,28)13-16-5-9-18(23)10-6-16/h2-3,5-6,9-10,15,17,19,24H,4,7-8,11-14H2,1H3. The number of rotatable bonds is 6. The van der Waals surface area contributed by atoms with Crippen LogP contribution >= 0.6 is 11.6 Å². The van der Waals surface area contributed by atoms with Gasteiger partial charge in [0.1, 0.15) is 12.1 Å². The normalized spacial score (nSPS) is 22.8. The molecule has 0 spiro atoms. The molecule has 0 aliphatic heterocycles. The van der Waals surface area contributed by atoms with E-state index in [4.69, 9.17) is 16.4 Å². The highest BCUT2D eigenvalue weighted by molar-refractivity contribution is 7.91. The van der Waals surface area contributed by atoms with E-state index in [0.29, 0.717) is 28.5 Å². The minimum Gasteiger partial charge on any atom is -0.356 e. The Hall–Kier alpha value is -1.92. The third-order valence-electron chi connectivity index (χ3n) is 6.06. The van der Waals surface area contributed by atoms with Crippen LogP contribution in [0, 0.1) is 10.7 Å². The van der Waals surface area contributed by atoms with Crippen molar-refractivity contribution >= 4 is 33.2 Å². The van der Waals surface area contributed by atoms with E-state index < -0.39 is 9.73 Å². The Morgan fingerprint density at radius 2 is 1.90 bits per heavy atom. The lowest BCUT2D eigenvalue weighted by Crippen LogP contribution is -2.37. The SMILES string of the molecule is CN(c1ncnc2c1C=CC2)C1CCC(CS(=N)(=O)Cc2ccc(Cl)cc2)CC1. The summed E-state index contributed by atoms with van der Waals surface area (Å²) in [6.07, 6.45) is 10.9. The van der Waals surface area contributed by atoms with Crippen LogP contribution in [0.15, 0.2) is 36.7 Å². The number of allylic oxidation sites excluding steroid dienone is 1. The van der Waals surface area contributed by atoms with Gasteiger partial charge in [-0.25, -0.2) is 14.2 Å². The first-order valence-corrected chi connectivity index (χ1v) is 12.4. The van der Waals surface area contributed by atoms with Gasteiger partial charge in [-0.05, 0) is 49.3 Å². The fraction of sp³-hybridized carbons (Fsp3) is 0.455. The van der Waals surface area contributed by atoms with Crippen molar-refractivity contribution < 1.29 is 4.21 Å². The van der Waals surface area contributed by atoms with Crippen molar-refractivity contribution in [3.8, 4) is 0 Å². The number of halogens is 1. The Kier molecular flexibility index (Phi) is 5.93. The summed E-state index contributed by atoms with van der Waals surface area (Å²) in [4.78, 5) is 11.2. The molecule has 2 aromatic rings. The van der Waals surface area contributed by atoms with Crippen LogP contribution in [0.25, 0.3) is 6.08 Å². The molecule has 4 rings (SSSR count). The van der Waals surface area contributed by atoms with E-state index in [2.05, 4.69) is 34.1 Å². The van der Waals surface area contributed by atoms with Crippen LogP contribution in [0.3, 0.4) is 0 Å². The Balaban J connectivity index is 1.34. The summed E-state index contributed by atoms with van der Waals surface area (Å²) in [6, 6.07) is 7.77. The number of nitrogens with one attached hydrogen (secondary N) is 1. The Bertz CT molecular complexity index is 996. The van der Waals surface area contributed by atoms with Crippen LogP contribution in [-0.2, 0) is 21.9 Å². The summed E-state index contributed by atoms with van der Waals surface area (Å²) in [5.74, 6) is 2.16. The molecule has 5 nitrogen and oxygen atoms in total. The number of anilines is 1. The maximum absolute atomic E-state index is 12.9. The molecular formula is C22H27ClN4OS. The van der Waals surface area contributed by atoms with E-state index in [9.17, 15) is 4.21 Å². The Morgan fingerprint density at radius 3 is 2.62 bits per heavy atom. The van der Waals surface area contributed by atoms with E-state index in [0.717, 1.165) is 54.7 Å². The third kappa shape index (κ3) is 4.81. The number of fused-ring (bicyclic) bond motifs is 1. The van der Waals surface area contributed by atoms with Gasteiger partial charge >= 0.3 is 0 Å². The van der Waals surface area contributed by atoms with Crippen molar-refractivity contribution in [1.82, 2.24) is 9.97 Å². The molecule has 1 N–H and O–H groups in total. The average molecular weight is 431 g/mol. The average Bonchev–Trinajstić information content (AvgIpc) is 3.18. The van der Waals surface area contributed by atoms with Crippen LogP contribution in [0.2, 0.25) is 5.02 Å². The molecule has 154 valence electrons. The molecule has 0 radical (unpaired) electrons. The molecule has 1 aromatic heterocycles. The molecule has 1 atom stereocenters. The van der Waals surface area contributed by atoms with Gasteiger partial charge in [0.05, 0.1) is 11.4 Å². The predicted molar refractivity (Wildman–Crippen MR) is 120 cm³/mol. The molecule has 1 saturated carbocycles. The van der Waals surface area contributed by atoms with E-state index in [1.54, 1.807) is 18.5 Å². The molecule has 0 saturated heterocycles. The quantitative estimate of drug-likeness (QED) is 0.704. The van der Waals surface area contributed by atoms with Crippen LogP contribution < -0.4 is 4.90 Å². The lowest BCUT2D eigenvalue weighted by molar-refractivity contribution is 0.342. The zero-order chi connectivity index (χ0) is 20.4. The largest absolute Gasteiger partial charge is 0.356 e. The Morgan fingerprint density at radius 1 is 1.17 bits per heavy atom. The second kappa shape index (κ2) is 8.44. The van der Waals surface area contributed by atoms with E-state index in [1.807, 2.05) is 12.1 Å². The molecular weight excluding hydrogens is 404 g/mol. The van der Waals surface area contributed by atoms with Gasteiger partial charge in [0.25, 0.3) is 0 Å². The number of nitrogens with zero attached hydrogens (tertiary/aromatic N) is 3. The van der Waals surface area contributed by atoms with Crippen molar-refractivity contribution in [2.24, 2.45) is 5.92 Å². The maximum atomic E-state index is 12.9. The molecule has 0 amide bonds. The summed E-state index contributed by atoms with van der Waals surface area (Å²) < 4.78 is 21.2. The van der Waals surface area contributed by atoms with Gasteiger partial charge in [0, 0.05) is 45.6 Å². The van der Waals surface area contributed by atoms with Crippen molar-refractivity contribution in [3.63, 3.8) is 0 Å². The first kappa shape index (κ1) is 20.4. The summed E-state index contributed by atoms with van der Waals surface area (Å²) in [5.41, 5.74) is 3.18. The second-order valence-corrected chi connectivity index (χ2v) is 10.9. The molecule has 1 aromatic carbocycles. The minimum absolute atomic E-state index is 0.309. The summed E-state index contributed by atoms with van der Waals surface area (Å²) in [5, 5.41) is 0.664. The molecule has 1 unspecified atom stereocenters. The van der Waals surface area contributed by atoms with Crippen LogP contribution in [-0.4, -0.2) is 33.0 Å². The topological polar surface area (TPSA) is 69.9 Å². The van der Waals surface area contributed by atoms with E-state index in [1.165, 1.54) is 0 Å². The molecule has 29 heavy (non-hydrogen) atoms. The second-order valence-electron chi connectivity index (χ2n) is 8.20. The third-order valence-corrected chi connectivity index (χ3v) is 8.12. The smallest absolute Gasteiger partial charge is 0.139 e. The van der Waals surface area contributed by atoms with Crippen LogP contribution in [0.5, 0.6) is 0 Å². The first-order valence-electron chi connectivity index (χ1n) is 10.1. The van der Waals surface area contributed by atoms with Crippen molar-refractivity contribution in [1.29, 1.82) is 4.78 Å². The molecule has 2 aliphatic carbocycles. The van der Waals surface area contributed by atoms with Crippen molar-refractivity contribution in [3.05, 3.63) is 58.5 Å². The van der Waals surface area contributed by atoms with Crippen LogP contribution in [0.4, 0.5) is 5.82 Å². The van der Waals surface area contributed by atoms with Crippen LogP contribution in [0.1, 0.15) is 42.5 Å². The molecule has 1 fully saturated rings. The number of benzene rings is 1. The van der Waals surface area contributed by atoms with Gasteiger partial charge in [-0.1, -0.05) is 35.9 Å². The number of aromatic nitrogens is 2. The highest BCUT2D eigenvalue weighted by Crippen LogP contribution is 2.33. The number of hydrogen-bond donors (Lipinski definition) is 1. The van der Waals surface area contributed by atoms with Gasteiger partial charge in [0.2, 0.25) is 0 Å². The van der Waals surface area contributed by atoms with Gasteiger partial charge in [-0.15, -0.1) is 0 Å². The zero-order valence-corrected chi connectivity index (χ0v) is 18.3. The Labute approximate surface area is 178 Å². The molecule has 1 heterocycles. The molecule has 0 bridgehead atoms. The maximum Gasteiger partial charge on any atom is 0.139 e. The molecule has 7 heteroatoms. The minimum atomic E-state index is -2.63.